The van der Waals surface area contributed by atoms with E-state index in [9.17, 15) is 5.11 Å². The molecule has 0 aliphatic carbocycles. The van der Waals surface area contributed by atoms with E-state index in [2.05, 4.69) is 0 Å². The molecule has 3 unspecified atom stereocenters. The van der Waals surface area contributed by atoms with Crippen molar-refractivity contribution in [2.24, 2.45) is 5.92 Å². The Kier molecular flexibility index (Phi) is 4.65. The van der Waals surface area contributed by atoms with Crippen molar-refractivity contribution in [3.63, 3.8) is 0 Å². The van der Waals surface area contributed by atoms with Crippen LogP contribution in [-0.4, -0.2) is 22.4 Å². The van der Waals surface area contributed by atoms with Gasteiger partial charge in [0.25, 0.3) is 0 Å². The van der Waals surface area contributed by atoms with E-state index in [1.165, 1.54) is 0 Å². The lowest BCUT2D eigenvalue weighted by Crippen LogP contribution is -2.26. The summed E-state index contributed by atoms with van der Waals surface area (Å²) < 4.78 is 0. The van der Waals surface area contributed by atoms with Crippen molar-refractivity contribution in [3.05, 3.63) is 0 Å². The van der Waals surface area contributed by atoms with Crippen LogP contribution in [0, 0.1) is 5.92 Å². The first-order valence-corrected chi connectivity index (χ1v) is 3.95. The Balaban J connectivity index is 3.58. The zero-order valence-electron chi connectivity index (χ0n) is 7.04. The van der Waals surface area contributed by atoms with Crippen LogP contribution in [0.25, 0.3) is 0 Å². The van der Waals surface area contributed by atoms with Crippen molar-refractivity contribution in [1.82, 2.24) is 0 Å². The van der Waals surface area contributed by atoms with Gasteiger partial charge in [0.15, 0.2) is 0 Å². The largest absolute Gasteiger partial charge is 0.393 e. The van der Waals surface area contributed by atoms with E-state index in [0.717, 1.165) is 12.8 Å². The third-order valence-electron chi connectivity index (χ3n) is 1.95. The summed E-state index contributed by atoms with van der Waals surface area (Å²) in [5.74, 6) is -0.0000463. The van der Waals surface area contributed by atoms with Gasteiger partial charge < -0.3 is 10.2 Å². The fourth-order valence-electron chi connectivity index (χ4n) is 0.880. The van der Waals surface area contributed by atoms with Crippen LogP contribution in [0.2, 0.25) is 0 Å². The molecule has 2 N–H and O–H groups in total. The Bertz CT molecular complexity index is 81.3. The molecule has 0 aliphatic heterocycles. The number of hydrogen-bond acceptors (Lipinski definition) is 2. The number of aliphatic hydroxyl groups is 2. The molecule has 0 bridgehead atoms. The topological polar surface area (TPSA) is 40.5 Å². The quantitative estimate of drug-likeness (QED) is 0.625. The lowest BCUT2D eigenvalue weighted by atomic mass is 9.96. The van der Waals surface area contributed by atoms with E-state index >= 15 is 0 Å². The van der Waals surface area contributed by atoms with Gasteiger partial charge in [-0.05, 0) is 13.3 Å². The summed E-state index contributed by atoms with van der Waals surface area (Å²) in [6.45, 7) is 5.60. The molecule has 0 saturated heterocycles. The van der Waals surface area contributed by atoms with Crippen molar-refractivity contribution < 1.29 is 10.2 Å². The SMILES string of the molecule is CCCC(O)C(C)C(C)O. The Morgan fingerprint density at radius 1 is 1.20 bits per heavy atom. The van der Waals surface area contributed by atoms with Crippen LogP contribution < -0.4 is 0 Å². The van der Waals surface area contributed by atoms with E-state index in [4.69, 9.17) is 5.11 Å². The van der Waals surface area contributed by atoms with Crippen molar-refractivity contribution >= 4 is 0 Å². The van der Waals surface area contributed by atoms with Gasteiger partial charge in [0, 0.05) is 5.92 Å². The van der Waals surface area contributed by atoms with Crippen molar-refractivity contribution in [2.45, 2.75) is 45.8 Å². The Labute approximate surface area is 62.9 Å². The lowest BCUT2D eigenvalue weighted by Gasteiger charge is -2.20. The van der Waals surface area contributed by atoms with Crippen molar-refractivity contribution in [1.29, 1.82) is 0 Å². The van der Waals surface area contributed by atoms with Gasteiger partial charge >= 0.3 is 0 Å². The average molecular weight is 146 g/mol. The van der Waals surface area contributed by atoms with Crippen LogP contribution >= 0.6 is 0 Å². The molecule has 0 spiro atoms. The molecule has 0 fully saturated rings. The van der Waals surface area contributed by atoms with Gasteiger partial charge in [0.2, 0.25) is 0 Å². The molecular weight excluding hydrogens is 128 g/mol. The van der Waals surface area contributed by atoms with Crippen LogP contribution in [0.3, 0.4) is 0 Å². The highest BCUT2D eigenvalue weighted by Crippen LogP contribution is 2.12. The minimum Gasteiger partial charge on any atom is -0.393 e. The second-order valence-electron chi connectivity index (χ2n) is 2.96. The Morgan fingerprint density at radius 3 is 2.00 bits per heavy atom. The predicted octanol–water partition coefficient (Wildman–Crippen LogP) is 1.16. The number of hydrogen-bond donors (Lipinski definition) is 2. The maximum atomic E-state index is 9.33. The van der Waals surface area contributed by atoms with Gasteiger partial charge in [0.1, 0.15) is 0 Å². The summed E-state index contributed by atoms with van der Waals surface area (Å²) >= 11 is 0. The molecule has 0 aromatic heterocycles. The molecule has 0 amide bonds. The number of aliphatic hydroxyl groups excluding tert-OH is 2. The molecule has 0 rings (SSSR count). The molecule has 10 heavy (non-hydrogen) atoms. The summed E-state index contributed by atoms with van der Waals surface area (Å²) in [6.07, 6.45) is 1.01. The standard InChI is InChI=1S/C8H18O2/c1-4-5-8(10)6(2)7(3)9/h6-10H,4-5H2,1-3H3. The maximum Gasteiger partial charge on any atom is 0.0590 e. The van der Waals surface area contributed by atoms with E-state index in [0.29, 0.717) is 0 Å². The molecule has 0 heterocycles. The first-order valence-electron chi connectivity index (χ1n) is 3.95. The third kappa shape index (κ3) is 3.18. The van der Waals surface area contributed by atoms with Crippen LogP contribution in [-0.2, 0) is 0 Å². The molecule has 2 heteroatoms. The van der Waals surface area contributed by atoms with Crippen LogP contribution in [0.4, 0.5) is 0 Å². The van der Waals surface area contributed by atoms with Crippen LogP contribution in [0.1, 0.15) is 33.6 Å². The molecule has 62 valence electrons. The van der Waals surface area contributed by atoms with Gasteiger partial charge in [-0.15, -0.1) is 0 Å². The minimum atomic E-state index is -0.401. The lowest BCUT2D eigenvalue weighted by molar-refractivity contribution is 0.0268. The zero-order valence-corrected chi connectivity index (χ0v) is 7.04. The van der Waals surface area contributed by atoms with E-state index in [1.807, 2.05) is 13.8 Å². The second kappa shape index (κ2) is 4.69. The van der Waals surface area contributed by atoms with E-state index in [1.54, 1.807) is 6.92 Å². The second-order valence-corrected chi connectivity index (χ2v) is 2.96. The van der Waals surface area contributed by atoms with Gasteiger partial charge in [-0.2, -0.15) is 0 Å². The summed E-state index contributed by atoms with van der Waals surface area (Å²) in [5.41, 5.74) is 0. The highest BCUT2D eigenvalue weighted by atomic mass is 16.3. The van der Waals surface area contributed by atoms with Crippen molar-refractivity contribution in [2.75, 3.05) is 0 Å². The molecule has 0 aromatic carbocycles. The summed E-state index contributed by atoms with van der Waals surface area (Å²) in [6, 6.07) is 0. The highest BCUT2D eigenvalue weighted by molar-refractivity contribution is 4.67. The van der Waals surface area contributed by atoms with Gasteiger partial charge in [-0.25, -0.2) is 0 Å². The Hall–Kier alpha value is -0.0800. The molecule has 2 nitrogen and oxygen atoms in total. The number of rotatable bonds is 4. The normalized spacial score (nSPS) is 20.1. The highest BCUT2D eigenvalue weighted by Gasteiger charge is 2.17. The minimum absolute atomic E-state index is 0.0000463. The fourth-order valence-corrected chi connectivity index (χ4v) is 0.880. The predicted molar refractivity (Wildman–Crippen MR) is 41.8 cm³/mol. The zero-order chi connectivity index (χ0) is 8.15. The first kappa shape index (κ1) is 9.92. The van der Waals surface area contributed by atoms with Crippen molar-refractivity contribution in [3.8, 4) is 0 Å². The molecule has 0 aromatic rings. The average Bonchev–Trinajstić information content (AvgIpc) is 1.87. The first-order chi connectivity index (χ1) is 4.59. The Morgan fingerprint density at radius 2 is 1.70 bits per heavy atom. The van der Waals surface area contributed by atoms with Gasteiger partial charge in [0.05, 0.1) is 12.2 Å². The monoisotopic (exact) mass is 146 g/mol. The summed E-state index contributed by atoms with van der Waals surface area (Å²) in [4.78, 5) is 0. The molecular formula is C8H18O2. The molecule has 0 aliphatic rings. The van der Waals surface area contributed by atoms with Gasteiger partial charge in [-0.1, -0.05) is 20.3 Å². The van der Waals surface area contributed by atoms with E-state index < -0.39 is 6.10 Å². The van der Waals surface area contributed by atoms with E-state index in [-0.39, 0.29) is 12.0 Å². The fraction of sp³-hybridized carbons (Fsp3) is 1.00. The smallest absolute Gasteiger partial charge is 0.0590 e. The maximum absolute atomic E-state index is 9.33. The van der Waals surface area contributed by atoms with Crippen LogP contribution in [0.15, 0.2) is 0 Å². The summed E-state index contributed by atoms with van der Waals surface area (Å²) in [7, 11) is 0. The van der Waals surface area contributed by atoms with Gasteiger partial charge in [-0.3, -0.25) is 0 Å². The molecule has 0 radical (unpaired) electrons. The molecule has 3 atom stereocenters. The third-order valence-corrected chi connectivity index (χ3v) is 1.95. The van der Waals surface area contributed by atoms with Crippen LogP contribution in [0.5, 0.6) is 0 Å². The summed E-state index contributed by atoms with van der Waals surface area (Å²) in [5, 5.41) is 18.4. The molecule has 0 saturated carbocycles.